The zero-order valence-corrected chi connectivity index (χ0v) is 16.8. The highest BCUT2D eigenvalue weighted by atomic mass is 32.2. The number of halogens is 3. The Labute approximate surface area is 164 Å². The Kier molecular flexibility index (Phi) is 5.02. The molecule has 4 rings (SSSR count). The van der Waals surface area contributed by atoms with Crippen molar-refractivity contribution < 1.29 is 13.2 Å². The van der Waals surface area contributed by atoms with E-state index in [1.165, 1.54) is 6.33 Å². The molecule has 0 radical (unpaired) electrons. The molecule has 2 aromatic heterocycles. The lowest BCUT2D eigenvalue weighted by Gasteiger charge is -2.38. The molecule has 5 nitrogen and oxygen atoms in total. The van der Waals surface area contributed by atoms with Gasteiger partial charge in [0.1, 0.15) is 22.5 Å². The average molecular weight is 418 g/mol. The fourth-order valence-electron chi connectivity index (χ4n) is 3.52. The van der Waals surface area contributed by atoms with Crippen molar-refractivity contribution in [1.29, 1.82) is 0 Å². The van der Waals surface area contributed by atoms with Gasteiger partial charge in [0, 0.05) is 42.3 Å². The van der Waals surface area contributed by atoms with Gasteiger partial charge in [-0.05, 0) is 19.9 Å². The summed E-state index contributed by atoms with van der Waals surface area (Å²) >= 11 is 3.05. The first-order valence-electron chi connectivity index (χ1n) is 8.91. The fourth-order valence-corrected chi connectivity index (χ4v) is 5.84. The number of thiophene rings is 1. The second-order valence-electron chi connectivity index (χ2n) is 7.55. The lowest BCUT2D eigenvalue weighted by Crippen LogP contribution is -2.52. The average Bonchev–Trinajstić information content (AvgIpc) is 3.15. The third-order valence-corrected chi connectivity index (χ3v) is 7.33. The van der Waals surface area contributed by atoms with Gasteiger partial charge in [-0.2, -0.15) is 13.2 Å². The lowest BCUT2D eigenvalue weighted by atomic mass is 10.2. The molecule has 1 unspecified atom stereocenters. The Morgan fingerprint density at radius 2 is 1.96 bits per heavy atom. The van der Waals surface area contributed by atoms with Gasteiger partial charge in [-0.1, -0.05) is 0 Å². The molecule has 2 saturated heterocycles. The Morgan fingerprint density at radius 3 is 2.59 bits per heavy atom. The van der Waals surface area contributed by atoms with E-state index in [0.717, 1.165) is 55.3 Å². The highest BCUT2D eigenvalue weighted by molar-refractivity contribution is 8.01. The van der Waals surface area contributed by atoms with Crippen LogP contribution in [0.25, 0.3) is 10.2 Å². The van der Waals surface area contributed by atoms with Gasteiger partial charge in [0.05, 0.1) is 11.8 Å². The Hall–Kier alpha value is -1.10. The normalized spacial score (nSPS) is 24.0. The molecular weight excluding hydrogens is 395 g/mol. The molecular formula is C17H22F3N5S2. The van der Waals surface area contributed by atoms with Crippen molar-refractivity contribution in [3.63, 3.8) is 0 Å². The number of nitrogens with one attached hydrogen (secondary N) is 1. The SMILES string of the molecule is CC1(C)CNC(N2CCN(c3ncnc4sc(CC(F)(F)F)cc34)CC2)S1. The van der Waals surface area contributed by atoms with Crippen molar-refractivity contribution >= 4 is 39.1 Å². The molecule has 2 aliphatic rings. The van der Waals surface area contributed by atoms with Gasteiger partial charge in [-0.3, -0.25) is 10.2 Å². The molecule has 0 bridgehead atoms. The summed E-state index contributed by atoms with van der Waals surface area (Å²) < 4.78 is 38.4. The Morgan fingerprint density at radius 1 is 1.22 bits per heavy atom. The fraction of sp³-hybridized carbons (Fsp3) is 0.647. The summed E-state index contributed by atoms with van der Waals surface area (Å²) in [6, 6.07) is 1.60. The maximum absolute atomic E-state index is 12.7. The number of hydrogen-bond acceptors (Lipinski definition) is 7. The van der Waals surface area contributed by atoms with Gasteiger partial charge < -0.3 is 4.90 Å². The largest absolute Gasteiger partial charge is 0.393 e. The van der Waals surface area contributed by atoms with E-state index in [1.54, 1.807) is 6.07 Å². The van der Waals surface area contributed by atoms with Gasteiger partial charge in [0.15, 0.2) is 0 Å². The lowest BCUT2D eigenvalue weighted by molar-refractivity contribution is -0.126. The van der Waals surface area contributed by atoms with E-state index in [0.29, 0.717) is 10.3 Å². The molecule has 4 heterocycles. The summed E-state index contributed by atoms with van der Waals surface area (Å²) in [6.07, 6.45) is -3.67. The van der Waals surface area contributed by atoms with Crippen LogP contribution in [0.5, 0.6) is 0 Å². The molecule has 0 amide bonds. The first-order valence-corrected chi connectivity index (χ1v) is 10.6. The molecule has 0 aliphatic carbocycles. The van der Waals surface area contributed by atoms with Crippen molar-refractivity contribution in [1.82, 2.24) is 20.2 Å². The van der Waals surface area contributed by atoms with Gasteiger partial charge >= 0.3 is 6.18 Å². The molecule has 2 fully saturated rings. The summed E-state index contributed by atoms with van der Waals surface area (Å²) in [5, 5.41) is 4.29. The van der Waals surface area contributed by atoms with E-state index in [-0.39, 0.29) is 9.62 Å². The van der Waals surface area contributed by atoms with Gasteiger partial charge in [-0.15, -0.1) is 23.1 Å². The number of thioether (sulfide) groups is 1. The van der Waals surface area contributed by atoms with Crippen LogP contribution in [0.15, 0.2) is 12.4 Å². The van der Waals surface area contributed by atoms with Crippen molar-refractivity contribution in [2.45, 2.75) is 36.7 Å². The quantitative estimate of drug-likeness (QED) is 0.827. The van der Waals surface area contributed by atoms with Gasteiger partial charge in [0.25, 0.3) is 0 Å². The van der Waals surface area contributed by atoms with Crippen LogP contribution in [-0.2, 0) is 6.42 Å². The predicted octanol–water partition coefficient (Wildman–Crippen LogP) is 3.32. The number of rotatable bonds is 3. The van der Waals surface area contributed by atoms with E-state index in [2.05, 4.69) is 38.9 Å². The van der Waals surface area contributed by atoms with Crippen LogP contribution in [0.2, 0.25) is 0 Å². The third kappa shape index (κ3) is 4.33. The van der Waals surface area contributed by atoms with Gasteiger partial charge in [0.2, 0.25) is 0 Å². The number of hydrogen-bond donors (Lipinski definition) is 1. The second-order valence-corrected chi connectivity index (χ2v) is 10.5. The maximum atomic E-state index is 12.7. The summed E-state index contributed by atoms with van der Waals surface area (Å²) in [6.45, 7) is 8.87. The van der Waals surface area contributed by atoms with E-state index in [1.807, 2.05) is 11.8 Å². The monoisotopic (exact) mass is 417 g/mol. The molecule has 0 saturated carbocycles. The molecule has 2 aliphatic heterocycles. The van der Waals surface area contributed by atoms with Gasteiger partial charge in [-0.25, -0.2) is 9.97 Å². The van der Waals surface area contributed by atoms with Crippen LogP contribution < -0.4 is 10.2 Å². The molecule has 27 heavy (non-hydrogen) atoms. The summed E-state index contributed by atoms with van der Waals surface area (Å²) in [5.74, 6) is 0.747. The highest BCUT2D eigenvalue weighted by Gasteiger charge is 2.36. The third-order valence-electron chi connectivity index (χ3n) is 4.81. The van der Waals surface area contributed by atoms with Crippen LogP contribution in [0.1, 0.15) is 18.7 Å². The summed E-state index contributed by atoms with van der Waals surface area (Å²) in [5.41, 5.74) is 0.326. The van der Waals surface area contributed by atoms with Crippen LogP contribution in [0, 0.1) is 0 Å². The zero-order chi connectivity index (χ0) is 19.2. The van der Waals surface area contributed by atoms with Crippen LogP contribution in [0.3, 0.4) is 0 Å². The number of anilines is 1. The summed E-state index contributed by atoms with van der Waals surface area (Å²) in [4.78, 5) is 14.1. The molecule has 1 atom stereocenters. The number of nitrogens with zero attached hydrogens (tertiary/aromatic N) is 4. The number of piperazine rings is 1. The minimum absolute atomic E-state index is 0.242. The molecule has 0 spiro atoms. The van der Waals surface area contributed by atoms with Crippen LogP contribution in [-0.4, -0.2) is 64.0 Å². The van der Waals surface area contributed by atoms with E-state index in [4.69, 9.17) is 0 Å². The number of fused-ring (bicyclic) bond motifs is 1. The van der Waals surface area contributed by atoms with Crippen molar-refractivity contribution in [2.75, 3.05) is 37.6 Å². The van der Waals surface area contributed by atoms with Crippen molar-refractivity contribution in [3.05, 3.63) is 17.3 Å². The summed E-state index contributed by atoms with van der Waals surface area (Å²) in [7, 11) is 0. The predicted molar refractivity (Wildman–Crippen MR) is 104 cm³/mol. The molecule has 2 aromatic rings. The van der Waals surface area contributed by atoms with Crippen molar-refractivity contribution in [3.8, 4) is 0 Å². The van der Waals surface area contributed by atoms with Crippen LogP contribution >= 0.6 is 23.1 Å². The first kappa shape index (κ1) is 19.2. The molecule has 148 valence electrons. The van der Waals surface area contributed by atoms with Crippen molar-refractivity contribution in [2.24, 2.45) is 0 Å². The Bertz CT molecular complexity index is 814. The highest BCUT2D eigenvalue weighted by Crippen LogP contribution is 2.36. The van der Waals surface area contributed by atoms with E-state index in [9.17, 15) is 13.2 Å². The molecule has 0 aromatic carbocycles. The minimum Gasteiger partial charge on any atom is -0.353 e. The second kappa shape index (κ2) is 7.06. The maximum Gasteiger partial charge on any atom is 0.393 e. The first-order chi connectivity index (χ1) is 12.7. The molecule has 1 N–H and O–H groups in total. The standard InChI is InChI=1S/C17H22F3N5S2/c1-16(2)9-21-15(27-16)25-5-3-24(4-6-25)13-12-7-11(8-17(18,19)20)26-14(12)23-10-22-13/h7,10,15,21H,3-6,8-9H2,1-2H3. The topological polar surface area (TPSA) is 44.3 Å². The van der Waals surface area contributed by atoms with E-state index >= 15 is 0 Å². The number of alkyl halides is 3. The molecule has 10 heteroatoms. The smallest absolute Gasteiger partial charge is 0.353 e. The number of aromatic nitrogens is 2. The zero-order valence-electron chi connectivity index (χ0n) is 15.2. The Balaban J connectivity index is 1.47. The minimum atomic E-state index is -4.21. The van der Waals surface area contributed by atoms with Crippen LogP contribution in [0.4, 0.5) is 19.0 Å². The van der Waals surface area contributed by atoms with E-state index < -0.39 is 12.6 Å².